The molecule has 0 atom stereocenters. The Morgan fingerprint density at radius 2 is 1.85 bits per heavy atom. The second-order valence-corrected chi connectivity index (χ2v) is 6.25. The summed E-state index contributed by atoms with van der Waals surface area (Å²) in [5.74, 6) is 0.622. The highest BCUT2D eigenvalue weighted by molar-refractivity contribution is 5.91. The van der Waals surface area contributed by atoms with Crippen LogP contribution >= 0.6 is 0 Å². The zero-order valence-electron chi connectivity index (χ0n) is 15.2. The minimum absolute atomic E-state index is 0.127. The summed E-state index contributed by atoms with van der Waals surface area (Å²) < 4.78 is 5.44. The number of carbonyl (C=O) groups is 1. The number of aromatic amines is 1. The van der Waals surface area contributed by atoms with Crippen LogP contribution in [0.15, 0.2) is 53.3 Å². The Balaban J connectivity index is 1.95. The molecule has 0 fully saturated rings. The zero-order valence-corrected chi connectivity index (χ0v) is 15.2. The summed E-state index contributed by atoms with van der Waals surface area (Å²) in [5, 5.41) is 0.954. The maximum Gasteiger partial charge on any atom is 0.253 e. The molecule has 0 unspecified atom stereocenters. The van der Waals surface area contributed by atoms with Crippen LogP contribution < -0.4 is 15.2 Å². The van der Waals surface area contributed by atoms with E-state index in [1.807, 2.05) is 62.4 Å². The number of benzene rings is 2. The van der Waals surface area contributed by atoms with Crippen molar-refractivity contribution in [2.24, 2.45) is 0 Å². The molecule has 0 bridgehead atoms. The van der Waals surface area contributed by atoms with Crippen LogP contribution in [0.25, 0.3) is 10.9 Å². The fraction of sp³-hybridized carbons (Fsp3) is 0.238. The van der Waals surface area contributed by atoms with Crippen molar-refractivity contribution in [3.05, 3.63) is 70.0 Å². The van der Waals surface area contributed by atoms with Crippen molar-refractivity contribution in [1.82, 2.24) is 4.98 Å². The molecule has 0 saturated carbocycles. The molecule has 5 heteroatoms. The van der Waals surface area contributed by atoms with Crippen molar-refractivity contribution in [2.45, 2.75) is 27.3 Å². The van der Waals surface area contributed by atoms with Crippen molar-refractivity contribution < 1.29 is 9.53 Å². The van der Waals surface area contributed by atoms with Crippen LogP contribution in [0.1, 0.15) is 25.0 Å². The standard InChI is InChI=1S/C21H22N2O3/c1-4-26-19-8-6-18(7-9-19)23(15(3)24)13-17-12-16-11-14(2)5-10-20(16)22-21(17)25/h5-12H,4,13H2,1-3H3,(H,22,25). The summed E-state index contributed by atoms with van der Waals surface area (Å²) in [4.78, 5) is 29.1. The maximum atomic E-state index is 12.4. The van der Waals surface area contributed by atoms with Crippen LogP contribution in [0.2, 0.25) is 0 Å². The van der Waals surface area contributed by atoms with Gasteiger partial charge in [0.05, 0.1) is 13.2 Å². The number of nitrogens with one attached hydrogen (secondary N) is 1. The molecule has 1 heterocycles. The fourth-order valence-corrected chi connectivity index (χ4v) is 2.93. The van der Waals surface area contributed by atoms with Gasteiger partial charge in [-0.2, -0.15) is 0 Å². The molecule has 134 valence electrons. The summed E-state index contributed by atoms with van der Waals surface area (Å²) in [6, 6.07) is 15.0. The van der Waals surface area contributed by atoms with Gasteiger partial charge in [-0.25, -0.2) is 0 Å². The van der Waals surface area contributed by atoms with E-state index in [2.05, 4.69) is 4.98 Å². The third-order valence-electron chi connectivity index (χ3n) is 4.24. The number of carbonyl (C=O) groups excluding carboxylic acids is 1. The lowest BCUT2D eigenvalue weighted by molar-refractivity contribution is -0.116. The van der Waals surface area contributed by atoms with Gasteiger partial charge in [0.1, 0.15) is 5.75 Å². The topological polar surface area (TPSA) is 62.4 Å². The highest BCUT2D eigenvalue weighted by Crippen LogP contribution is 2.22. The van der Waals surface area contributed by atoms with E-state index < -0.39 is 0 Å². The number of ether oxygens (including phenoxy) is 1. The van der Waals surface area contributed by atoms with E-state index in [9.17, 15) is 9.59 Å². The number of anilines is 1. The minimum Gasteiger partial charge on any atom is -0.494 e. The SMILES string of the molecule is CCOc1ccc(N(Cc2cc3cc(C)ccc3[nH]c2=O)C(C)=O)cc1. The quantitative estimate of drug-likeness (QED) is 0.761. The Labute approximate surface area is 152 Å². The zero-order chi connectivity index (χ0) is 18.7. The molecule has 0 spiro atoms. The van der Waals surface area contributed by atoms with Crippen LogP contribution in [0.4, 0.5) is 5.69 Å². The second-order valence-electron chi connectivity index (χ2n) is 6.25. The number of rotatable bonds is 5. The van der Waals surface area contributed by atoms with Crippen molar-refractivity contribution in [3.8, 4) is 5.75 Å². The minimum atomic E-state index is -0.182. The molecule has 1 amide bonds. The lowest BCUT2D eigenvalue weighted by atomic mass is 10.1. The number of nitrogens with zero attached hydrogens (tertiary/aromatic N) is 1. The Morgan fingerprint density at radius 3 is 2.50 bits per heavy atom. The van der Waals surface area contributed by atoms with Gasteiger partial charge in [-0.1, -0.05) is 11.6 Å². The lowest BCUT2D eigenvalue weighted by Crippen LogP contribution is -2.30. The number of fused-ring (bicyclic) bond motifs is 1. The third kappa shape index (κ3) is 3.77. The van der Waals surface area contributed by atoms with Crippen LogP contribution in [-0.4, -0.2) is 17.5 Å². The van der Waals surface area contributed by atoms with E-state index in [1.54, 1.807) is 4.90 Å². The van der Waals surface area contributed by atoms with Crippen molar-refractivity contribution in [2.75, 3.05) is 11.5 Å². The number of hydrogen-bond donors (Lipinski definition) is 1. The first-order chi connectivity index (χ1) is 12.5. The summed E-state index contributed by atoms with van der Waals surface area (Å²) in [5.41, 5.74) is 3.00. The average Bonchev–Trinajstić information content (AvgIpc) is 2.61. The Bertz CT molecular complexity index is 990. The molecule has 0 aliphatic rings. The van der Waals surface area contributed by atoms with Gasteiger partial charge >= 0.3 is 0 Å². The molecule has 0 aliphatic carbocycles. The largest absolute Gasteiger partial charge is 0.494 e. The van der Waals surface area contributed by atoms with Crippen molar-refractivity contribution in [3.63, 3.8) is 0 Å². The average molecular weight is 350 g/mol. The first-order valence-electron chi connectivity index (χ1n) is 8.61. The van der Waals surface area contributed by atoms with Gasteiger partial charge in [0.15, 0.2) is 0 Å². The molecule has 0 aliphatic heterocycles. The van der Waals surface area contributed by atoms with E-state index in [4.69, 9.17) is 4.74 Å². The number of H-pyrrole nitrogens is 1. The van der Waals surface area contributed by atoms with Gasteiger partial charge in [-0.05, 0) is 61.7 Å². The molecule has 0 radical (unpaired) electrons. The van der Waals surface area contributed by atoms with Crippen LogP contribution in [0.5, 0.6) is 5.75 Å². The van der Waals surface area contributed by atoms with Gasteiger partial charge in [0, 0.05) is 23.7 Å². The number of aromatic nitrogens is 1. The summed E-state index contributed by atoms with van der Waals surface area (Å²) in [6.07, 6.45) is 0. The molecule has 1 N–H and O–H groups in total. The van der Waals surface area contributed by atoms with E-state index in [0.29, 0.717) is 12.2 Å². The Hall–Kier alpha value is -3.08. The van der Waals surface area contributed by atoms with Crippen LogP contribution in [0, 0.1) is 6.92 Å². The van der Waals surface area contributed by atoms with Gasteiger partial charge in [-0.3, -0.25) is 9.59 Å². The summed E-state index contributed by atoms with van der Waals surface area (Å²) >= 11 is 0. The predicted molar refractivity (Wildman–Crippen MR) is 104 cm³/mol. The smallest absolute Gasteiger partial charge is 0.253 e. The molecular formula is C21H22N2O3. The Morgan fingerprint density at radius 1 is 1.12 bits per heavy atom. The van der Waals surface area contributed by atoms with E-state index in [0.717, 1.165) is 27.9 Å². The predicted octanol–water partition coefficient (Wildman–Crippen LogP) is 3.79. The molecular weight excluding hydrogens is 328 g/mol. The molecule has 0 saturated heterocycles. The normalized spacial score (nSPS) is 10.7. The molecule has 5 nitrogen and oxygen atoms in total. The van der Waals surface area contributed by atoms with E-state index in [-0.39, 0.29) is 18.0 Å². The summed E-state index contributed by atoms with van der Waals surface area (Å²) in [6.45, 7) is 6.22. The van der Waals surface area contributed by atoms with Gasteiger partial charge in [-0.15, -0.1) is 0 Å². The fourth-order valence-electron chi connectivity index (χ4n) is 2.93. The van der Waals surface area contributed by atoms with Crippen LogP contribution in [0.3, 0.4) is 0 Å². The first-order valence-corrected chi connectivity index (χ1v) is 8.61. The molecule has 2 aromatic carbocycles. The van der Waals surface area contributed by atoms with Crippen molar-refractivity contribution >= 4 is 22.5 Å². The molecule has 1 aromatic heterocycles. The lowest BCUT2D eigenvalue weighted by Gasteiger charge is -2.21. The Kier molecular flexibility index (Phi) is 5.07. The van der Waals surface area contributed by atoms with Crippen molar-refractivity contribution in [1.29, 1.82) is 0 Å². The summed E-state index contributed by atoms with van der Waals surface area (Å²) in [7, 11) is 0. The van der Waals surface area contributed by atoms with E-state index >= 15 is 0 Å². The molecule has 3 rings (SSSR count). The van der Waals surface area contributed by atoms with Gasteiger partial charge in [0.25, 0.3) is 5.56 Å². The second kappa shape index (κ2) is 7.44. The third-order valence-corrected chi connectivity index (χ3v) is 4.24. The monoisotopic (exact) mass is 350 g/mol. The van der Waals surface area contributed by atoms with Crippen LogP contribution in [-0.2, 0) is 11.3 Å². The first kappa shape index (κ1) is 17.7. The van der Waals surface area contributed by atoms with Gasteiger partial charge in [0.2, 0.25) is 5.91 Å². The van der Waals surface area contributed by atoms with E-state index in [1.165, 1.54) is 6.92 Å². The van der Waals surface area contributed by atoms with Gasteiger partial charge < -0.3 is 14.6 Å². The highest BCUT2D eigenvalue weighted by atomic mass is 16.5. The number of pyridine rings is 1. The highest BCUT2D eigenvalue weighted by Gasteiger charge is 2.15. The molecule has 3 aromatic rings. The number of hydrogen-bond acceptors (Lipinski definition) is 3. The number of aryl methyl sites for hydroxylation is 1. The number of amides is 1. The maximum absolute atomic E-state index is 12.4. The molecule has 26 heavy (non-hydrogen) atoms.